The van der Waals surface area contributed by atoms with Crippen LogP contribution >= 0.6 is 0 Å². The maximum atomic E-state index is 13.8. The SMILES string of the molecule is CC(C)CNC(=O)N1CCCC(CC(=O)N(C)Cc2c(F)cccc2F)C1. The van der Waals surface area contributed by atoms with Crippen LogP contribution in [0.25, 0.3) is 0 Å². The number of nitrogens with zero attached hydrogens (tertiary/aromatic N) is 2. The van der Waals surface area contributed by atoms with Gasteiger partial charge in [-0.1, -0.05) is 19.9 Å². The Hall–Kier alpha value is -2.18. The Kier molecular flexibility index (Phi) is 7.56. The van der Waals surface area contributed by atoms with Gasteiger partial charge in [0.1, 0.15) is 11.6 Å². The molecule has 3 amide bonds. The summed E-state index contributed by atoms with van der Waals surface area (Å²) in [5, 5.41) is 2.90. The zero-order valence-corrected chi connectivity index (χ0v) is 16.3. The maximum Gasteiger partial charge on any atom is 0.317 e. The largest absolute Gasteiger partial charge is 0.341 e. The molecule has 1 fully saturated rings. The summed E-state index contributed by atoms with van der Waals surface area (Å²) in [6.07, 6.45) is 1.97. The number of amides is 3. The van der Waals surface area contributed by atoms with Crippen LogP contribution < -0.4 is 5.32 Å². The molecule has 1 aliphatic heterocycles. The summed E-state index contributed by atoms with van der Waals surface area (Å²) < 4.78 is 27.5. The van der Waals surface area contributed by atoms with Crippen LogP contribution in [-0.4, -0.2) is 48.4 Å². The summed E-state index contributed by atoms with van der Waals surface area (Å²) in [7, 11) is 1.55. The molecule has 2 rings (SSSR count). The second-order valence-corrected chi connectivity index (χ2v) is 7.69. The lowest BCUT2D eigenvalue weighted by atomic mass is 9.94. The van der Waals surface area contributed by atoms with Crippen molar-refractivity contribution < 1.29 is 18.4 Å². The summed E-state index contributed by atoms with van der Waals surface area (Å²) in [6, 6.07) is 3.58. The van der Waals surface area contributed by atoms with E-state index in [1.807, 2.05) is 13.8 Å². The number of carbonyl (C=O) groups is 2. The fraction of sp³-hybridized carbons (Fsp3) is 0.600. The van der Waals surface area contributed by atoms with Crippen molar-refractivity contribution in [3.63, 3.8) is 0 Å². The monoisotopic (exact) mass is 381 g/mol. The number of urea groups is 1. The van der Waals surface area contributed by atoms with Gasteiger partial charge in [-0.25, -0.2) is 13.6 Å². The van der Waals surface area contributed by atoms with Crippen molar-refractivity contribution >= 4 is 11.9 Å². The van der Waals surface area contributed by atoms with E-state index in [0.29, 0.717) is 25.6 Å². The third kappa shape index (κ3) is 6.19. The van der Waals surface area contributed by atoms with Crippen LogP contribution in [0.5, 0.6) is 0 Å². The van der Waals surface area contributed by atoms with Crippen LogP contribution in [-0.2, 0) is 11.3 Å². The standard InChI is InChI=1S/C20H29F2N3O2/c1-14(2)11-23-20(27)25-9-5-6-15(12-25)10-19(26)24(3)13-16-17(21)7-4-8-18(16)22/h4,7-8,14-15H,5-6,9-13H2,1-3H3,(H,23,27). The zero-order valence-electron chi connectivity index (χ0n) is 16.3. The molecule has 5 nitrogen and oxygen atoms in total. The van der Waals surface area contributed by atoms with E-state index >= 15 is 0 Å². The zero-order chi connectivity index (χ0) is 20.0. The molecule has 1 aromatic rings. The highest BCUT2D eigenvalue weighted by Crippen LogP contribution is 2.21. The van der Waals surface area contributed by atoms with Gasteiger partial charge >= 0.3 is 6.03 Å². The van der Waals surface area contributed by atoms with Crippen molar-refractivity contribution in [2.45, 2.75) is 39.7 Å². The van der Waals surface area contributed by atoms with Gasteiger partial charge in [0.05, 0.1) is 6.54 Å². The van der Waals surface area contributed by atoms with Crippen molar-refractivity contribution in [2.75, 3.05) is 26.7 Å². The summed E-state index contributed by atoms with van der Waals surface area (Å²) in [4.78, 5) is 27.8. The molecule has 0 radical (unpaired) electrons. The minimum atomic E-state index is -0.652. The summed E-state index contributed by atoms with van der Waals surface area (Å²) >= 11 is 0. The van der Waals surface area contributed by atoms with Gasteiger partial charge in [0.2, 0.25) is 5.91 Å². The first-order chi connectivity index (χ1) is 12.8. The van der Waals surface area contributed by atoms with Gasteiger partial charge in [-0.15, -0.1) is 0 Å². The Labute approximate surface area is 159 Å². The number of likely N-dealkylation sites (tertiary alicyclic amines) is 1. The Morgan fingerprint density at radius 1 is 1.30 bits per heavy atom. The van der Waals surface area contributed by atoms with Gasteiger partial charge < -0.3 is 15.1 Å². The number of hydrogen-bond donors (Lipinski definition) is 1. The van der Waals surface area contributed by atoms with Crippen LogP contribution in [0.1, 0.15) is 38.7 Å². The lowest BCUT2D eigenvalue weighted by molar-refractivity contribution is -0.131. The molecule has 1 atom stereocenters. The summed E-state index contributed by atoms with van der Waals surface area (Å²) in [6.45, 7) is 5.79. The predicted octanol–water partition coefficient (Wildman–Crippen LogP) is 3.39. The van der Waals surface area contributed by atoms with Gasteiger partial charge in [-0.2, -0.15) is 0 Å². The highest BCUT2D eigenvalue weighted by molar-refractivity contribution is 5.77. The van der Waals surface area contributed by atoms with Gasteiger partial charge in [0.15, 0.2) is 0 Å². The molecular weight excluding hydrogens is 352 g/mol. The molecule has 1 aliphatic rings. The van der Waals surface area contributed by atoms with Gasteiger partial charge in [-0.05, 0) is 36.8 Å². The molecule has 27 heavy (non-hydrogen) atoms. The minimum absolute atomic E-state index is 0.0592. The Bertz CT molecular complexity index is 646. The Morgan fingerprint density at radius 2 is 1.96 bits per heavy atom. The molecule has 0 aromatic heterocycles. The molecular formula is C20H29F2N3O2. The Balaban J connectivity index is 1.88. The number of nitrogens with one attached hydrogen (secondary N) is 1. The fourth-order valence-corrected chi connectivity index (χ4v) is 3.23. The maximum absolute atomic E-state index is 13.8. The molecule has 0 spiro atoms. The number of rotatable bonds is 6. The van der Waals surface area contributed by atoms with E-state index < -0.39 is 11.6 Å². The van der Waals surface area contributed by atoms with Crippen LogP contribution in [0.15, 0.2) is 18.2 Å². The van der Waals surface area contributed by atoms with Crippen LogP contribution in [0.3, 0.4) is 0 Å². The van der Waals surface area contributed by atoms with Gasteiger partial charge in [0, 0.05) is 38.7 Å². The van der Waals surface area contributed by atoms with Crippen molar-refractivity contribution in [1.82, 2.24) is 15.1 Å². The average Bonchev–Trinajstić information content (AvgIpc) is 2.62. The topological polar surface area (TPSA) is 52.7 Å². The minimum Gasteiger partial charge on any atom is -0.341 e. The third-order valence-corrected chi connectivity index (χ3v) is 4.81. The molecule has 0 bridgehead atoms. The second-order valence-electron chi connectivity index (χ2n) is 7.69. The first-order valence-corrected chi connectivity index (χ1v) is 9.47. The fourth-order valence-electron chi connectivity index (χ4n) is 3.23. The molecule has 1 saturated heterocycles. The van der Waals surface area contributed by atoms with Crippen LogP contribution in [0.2, 0.25) is 0 Å². The van der Waals surface area contributed by atoms with E-state index in [1.54, 1.807) is 11.9 Å². The number of benzene rings is 1. The molecule has 1 unspecified atom stereocenters. The first-order valence-electron chi connectivity index (χ1n) is 9.47. The van der Waals surface area contributed by atoms with Gasteiger partial charge in [-0.3, -0.25) is 4.79 Å². The molecule has 0 aliphatic carbocycles. The molecule has 150 valence electrons. The molecule has 0 saturated carbocycles. The average molecular weight is 381 g/mol. The van der Waals surface area contributed by atoms with E-state index in [1.165, 1.54) is 23.1 Å². The van der Waals surface area contributed by atoms with Crippen molar-refractivity contribution in [3.05, 3.63) is 35.4 Å². The predicted molar refractivity (Wildman–Crippen MR) is 100.0 cm³/mol. The molecule has 1 N–H and O–H groups in total. The summed E-state index contributed by atoms with van der Waals surface area (Å²) in [5.74, 6) is -1.04. The highest BCUT2D eigenvalue weighted by atomic mass is 19.1. The van der Waals surface area contributed by atoms with Crippen molar-refractivity contribution in [3.8, 4) is 0 Å². The van der Waals surface area contributed by atoms with E-state index in [9.17, 15) is 18.4 Å². The van der Waals surface area contributed by atoms with E-state index in [0.717, 1.165) is 12.8 Å². The van der Waals surface area contributed by atoms with E-state index in [2.05, 4.69) is 5.32 Å². The lowest BCUT2D eigenvalue weighted by Crippen LogP contribution is -2.47. The quantitative estimate of drug-likeness (QED) is 0.821. The van der Waals surface area contributed by atoms with Crippen molar-refractivity contribution in [2.24, 2.45) is 11.8 Å². The Morgan fingerprint density at radius 3 is 2.59 bits per heavy atom. The smallest absolute Gasteiger partial charge is 0.317 e. The highest BCUT2D eigenvalue weighted by Gasteiger charge is 2.26. The number of piperidine rings is 1. The normalized spacial score (nSPS) is 17.1. The number of halogens is 2. The van der Waals surface area contributed by atoms with E-state index in [4.69, 9.17) is 0 Å². The molecule has 7 heteroatoms. The third-order valence-electron chi connectivity index (χ3n) is 4.81. The van der Waals surface area contributed by atoms with Crippen LogP contribution in [0, 0.1) is 23.5 Å². The number of hydrogen-bond acceptors (Lipinski definition) is 2. The summed E-state index contributed by atoms with van der Waals surface area (Å²) in [5.41, 5.74) is -0.105. The molecule has 1 heterocycles. The van der Waals surface area contributed by atoms with Crippen LogP contribution in [0.4, 0.5) is 13.6 Å². The lowest BCUT2D eigenvalue weighted by Gasteiger charge is -2.33. The number of carbonyl (C=O) groups excluding carboxylic acids is 2. The molecule has 1 aromatic carbocycles. The first kappa shape index (κ1) is 21.1. The van der Waals surface area contributed by atoms with Crippen molar-refractivity contribution in [1.29, 1.82) is 0 Å². The van der Waals surface area contributed by atoms with E-state index in [-0.39, 0.29) is 36.4 Å². The second kappa shape index (κ2) is 9.67. The van der Waals surface area contributed by atoms with Gasteiger partial charge in [0.25, 0.3) is 0 Å².